The molecule has 148 valence electrons. The number of aromatic nitrogens is 1. The van der Waals surface area contributed by atoms with Gasteiger partial charge in [0.15, 0.2) is 0 Å². The first kappa shape index (κ1) is 20.7. The van der Waals surface area contributed by atoms with Gasteiger partial charge in [0, 0.05) is 23.6 Å². The van der Waals surface area contributed by atoms with E-state index in [9.17, 15) is 9.90 Å². The summed E-state index contributed by atoms with van der Waals surface area (Å²) in [5.74, 6) is -0.0922. The third kappa shape index (κ3) is 4.89. The summed E-state index contributed by atoms with van der Waals surface area (Å²) < 4.78 is 0. The molecule has 1 amide bonds. The number of carbonyl (C=O) groups excluding carboxylic acids is 1. The number of hydrogen-bond donors (Lipinski definition) is 2. The molecule has 0 radical (unpaired) electrons. The van der Waals surface area contributed by atoms with Crippen LogP contribution in [-0.2, 0) is 11.4 Å². The van der Waals surface area contributed by atoms with Crippen molar-refractivity contribution in [2.45, 2.75) is 26.0 Å². The monoisotopic (exact) mass is 417 g/mol. The summed E-state index contributed by atoms with van der Waals surface area (Å²) in [4.78, 5) is 20.3. The molecule has 2 N–H and O–H groups in total. The Morgan fingerprint density at radius 3 is 2.64 bits per heavy atom. The zero-order valence-corrected chi connectivity index (χ0v) is 17.8. The smallest absolute Gasteiger partial charge is 0.248 e. The van der Waals surface area contributed by atoms with Gasteiger partial charge in [-0.15, -0.1) is 11.3 Å². The summed E-state index contributed by atoms with van der Waals surface area (Å²) >= 11 is 7.40. The van der Waals surface area contributed by atoms with Crippen LogP contribution in [-0.4, -0.2) is 41.5 Å². The van der Waals surface area contributed by atoms with Gasteiger partial charge < -0.3 is 15.3 Å². The van der Waals surface area contributed by atoms with Gasteiger partial charge in [-0.2, -0.15) is 0 Å². The normalized spacial score (nSPS) is 14.8. The van der Waals surface area contributed by atoms with Gasteiger partial charge in [-0.05, 0) is 44.3 Å². The second kappa shape index (κ2) is 9.01. The van der Waals surface area contributed by atoms with Crippen molar-refractivity contribution in [3.05, 3.63) is 68.2 Å². The Balaban J connectivity index is 1.69. The van der Waals surface area contributed by atoms with E-state index in [1.54, 1.807) is 0 Å². The van der Waals surface area contributed by atoms with Crippen LogP contribution in [0.15, 0.2) is 42.0 Å². The number of hydrogen-bond acceptors (Lipinski definition) is 5. The van der Waals surface area contributed by atoms with Crippen LogP contribution in [0.1, 0.15) is 33.6 Å². The van der Waals surface area contributed by atoms with Crippen molar-refractivity contribution in [3.8, 4) is 0 Å². The predicted molar refractivity (Wildman–Crippen MR) is 114 cm³/mol. The average Bonchev–Trinajstić information content (AvgIpc) is 3.28. The number of thiazole rings is 1. The number of aliphatic hydroxyl groups excluding tert-OH is 1. The second-order valence-corrected chi connectivity index (χ2v) is 8.63. The van der Waals surface area contributed by atoms with Crippen LogP contribution < -0.4 is 5.32 Å². The van der Waals surface area contributed by atoms with Crippen molar-refractivity contribution in [1.82, 2.24) is 15.2 Å². The van der Waals surface area contributed by atoms with Crippen LogP contribution in [0.25, 0.3) is 5.57 Å². The minimum Gasteiger partial charge on any atom is -0.391 e. The number of halogens is 1. The lowest BCUT2D eigenvalue weighted by Crippen LogP contribution is -2.35. The molecule has 1 aromatic carbocycles. The Labute approximate surface area is 174 Å². The minimum atomic E-state index is -0.230. The third-order valence-corrected chi connectivity index (χ3v) is 6.09. The molecule has 0 spiro atoms. The molecule has 1 aliphatic carbocycles. The third-order valence-electron chi connectivity index (χ3n) is 4.58. The van der Waals surface area contributed by atoms with Crippen molar-refractivity contribution >= 4 is 34.4 Å². The molecule has 0 bridgehead atoms. The summed E-state index contributed by atoms with van der Waals surface area (Å²) in [6, 6.07) is 7.41. The van der Waals surface area contributed by atoms with Crippen molar-refractivity contribution in [2.24, 2.45) is 0 Å². The molecule has 3 rings (SSSR count). The Morgan fingerprint density at radius 1 is 1.32 bits per heavy atom. The maximum atomic E-state index is 12.9. The molecule has 1 unspecified atom stereocenters. The molecule has 28 heavy (non-hydrogen) atoms. The SMILES string of the molecule is Cc1nc(C(CN(C)C)NC(=O)C2=CC=C(c3ccc(Cl)cc3)C2)sc1CO. The van der Waals surface area contributed by atoms with Crippen LogP contribution in [0, 0.1) is 6.92 Å². The molecule has 1 aromatic heterocycles. The summed E-state index contributed by atoms with van der Waals surface area (Å²) in [5.41, 5.74) is 3.70. The van der Waals surface area contributed by atoms with Crippen LogP contribution >= 0.6 is 22.9 Å². The quantitative estimate of drug-likeness (QED) is 0.720. The maximum absolute atomic E-state index is 12.9. The van der Waals surface area contributed by atoms with Gasteiger partial charge in [0.1, 0.15) is 5.01 Å². The van der Waals surface area contributed by atoms with E-state index in [0.29, 0.717) is 18.0 Å². The van der Waals surface area contributed by atoms with E-state index in [2.05, 4.69) is 10.3 Å². The van der Waals surface area contributed by atoms with Crippen molar-refractivity contribution < 1.29 is 9.90 Å². The number of rotatable bonds is 7. The summed E-state index contributed by atoms with van der Waals surface area (Å²) in [6.07, 6.45) is 4.44. The van der Waals surface area contributed by atoms with Gasteiger partial charge >= 0.3 is 0 Å². The summed E-state index contributed by atoms with van der Waals surface area (Å²) in [6.45, 7) is 2.47. The number of amides is 1. The van der Waals surface area contributed by atoms with Gasteiger partial charge in [-0.1, -0.05) is 35.9 Å². The maximum Gasteiger partial charge on any atom is 0.248 e. The number of aliphatic hydroxyl groups is 1. The molecular weight excluding hydrogens is 394 g/mol. The van der Waals surface area contributed by atoms with Gasteiger partial charge in [0.25, 0.3) is 0 Å². The number of nitrogens with zero attached hydrogens (tertiary/aromatic N) is 2. The lowest BCUT2D eigenvalue weighted by Gasteiger charge is -2.21. The molecule has 1 aliphatic rings. The molecule has 1 atom stereocenters. The van der Waals surface area contributed by atoms with Gasteiger partial charge in [-0.25, -0.2) is 4.98 Å². The number of carbonyl (C=O) groups is 1. The molecule has 7 heteroatoms. The fourth-order valence-corrected chi connectivity index (χ4v) is 4.18. The molecule has 0 aliphatic heterocycles. The van der Waals surface area contributed by atoms with Crippen LogP contribution in [0.3, 0.4) is 0 Å². The Kier molecular flexibility index (Phi) is 6.67. The Bertz CT molecular complexity index is 916. The van der Waals surface area contributed by atoms with Crippen LogP contribution in [0.5, 0.6) is 0 Å². The first-order chi connectivity index (χ1) is 13.4. The van der Waals surface area contributed by atoms with E-state index < -0.39 is 0 Å². The van der Waals surface area contributed by atoms with Crippen LogP contribution in [0.4, 0.5) is 0 Å². The highest BCUT2D eigenvalue weighted by atomic mass is 35.5. The van der Waals surface area contributed by atoms with E-state index in [4.69, 9.17) is 11.6 Å². The highest BCUT2D eigenvalue weighted by molar-refractivity contribution is 7.11. The molecule has 0 saturated carbocycles. The number of allylic oxidation sites excluding steroid dienone is 3. The molecule has 2 aromatic rings. The van der Waals surface area contributed by atoms with E-state index in [1.807, 2.05) is 62.3 Å². The number of aryl methyl sites for hydroxylation is 1. The zero-order valence-electron chi connectivity index (χ0n) is 16.2. The summed E-state index contributed by atoms with van der Waals surface area (Å²) in [5, 5.41) is 14.1. The largest absolute Gasteiger partial charge is 0.391 e. The fraction of sp³-hybridized carbons (Fsp3) is 0.333. The van der Waals surface area contributed by atoms with E-state index in [0.717, 1.165) is 32.3 Å². The molecule has 5 nitrogen and oxygen atoms in total. The number of likely N-dealkylation sites (N-methyl/N-ethyl adjacent to an activating group) is 1. The van der Waals surface area contributed by atoms with E-state index in [1.165, 1.54) is 11.3 Å². The summed E-state index contributed by atoms with van der Waals surface area (Å²) in [7, 11) is 3.92. The predicted octanol–water partition coefficient (Wildman–Crippen LogP) is 3.73. The van der Waals surface area contributed by atoms with Gasteiger partial charge in [0.05, 0.1) is 23.2 Å². The zero-order chi connectivity index (χ0) is 20.3. The highest BCUT2D eigenvalue weighted by Crippen LogP contribution is 2.30. The first-order valence-electron chi connectivity index (χ1n) is 9.05. The fourth-order valence-electron chi connectivity index (χ4n) is 3.09. The van der Waals surface area contributed by atoms with E-state index in [-0.39, 0.29) is 18.6 Å². The number of benzene rings is 1. The molecule has 0 fully saturated rings. The lowest BCUT2D eigenvalue weighted by molar-refractivity contribution is -0.118. The molecular formula is C21H24ClN3O2S. The topological polar surface area (TPSA) is 65.5 Å². The lowest BCUT2D eigenvalue weighted by atomic mass is 10.0. The van der Waals surface area contributed by atoms with Crippen molar-refractivity contribution in [2.75, 3.05) is 20.6 Å². The second-order valence-electron chi connectivity index (χ2n) is 7.07. The van der Waals surface area contributed by atoms with Gasteiger partial charge in [-0.3, -0.25) is 4.79 Å². The molecule has 1 heterocycles. The van der Waals surface area contributed by atoms with Gasteiger partial charge in [0.2, 0.25) is 5.91 Å². The Morgan fingerprint density at radius 2 is 2.04 bits per heavy atom. The van der Waals surface area contributed by atoms with Crippen molar-refractivity contribution in [1.29, 1.82) is 0 Å². The first-order valence-corrected chi connectivity index (χ1v) is 10.2. The minimum absolute atomic E-state index is 0.0361. The molecule has 0 saturated heterocycles. The highest BCUT2D eigenvalue weighted by Gasteiger charge is 2.24. The average molecular weight is 418 g/mol. The van der Waals surface area contributed by atoms with Crippen molar-refractivity contribution in [3.63, 3.8) is 0 Å². The standard InChI is InChI=1S/C21H24ClN3O2S/c1-13-19(12-26)28-21(23-13)18(11-25(2)3)24-20(27)16-5-4-15(10-16)14-6-8-17(22)9-7-14/h4-9,18,26H,10-12H2,1-3H3,(H,24,27). The van der Waals surface area contributed by atoms with Crippen LogP contribution in [0.2, 0.25) is 5.02 Å². The Hall–Kier alpha value is -1.99. The van der Waals surface area contributed by atoms with E-state index >= 15 is 0 Å². The number of nitrogens with one attached hydrogen (secondary N) is 1.